The highest BCUT2D eigenvalue weighted by atomic mass is 79.9. The highest BCUT2D eigenvalue weighted by Gasteiger charge is 2.35. The molecule has 0 aliphatic carbocycles. The Labute approximate surface area is 198 Å². The number of anilines is 1. The Morgan fingerprint density at radius 2 is 1.84 bits per heavy atom. The lowest BCUT2D eigenvalue weighted by Crippen LogP contribution is -2.35. The normalized spacial score (nSPS) is 14.6. The SMILES string of the molecule is COc1cc(Br)cc(/C=C2/C(=O)NN(c3cccc(Cl)c3)C2=O)c1OCc1ccccc1. The molecule has 162 valence electrons. The van der Waals surface area contributed by atoms with Crippen molar-refractivity contribution in [3.8, 4) is 11.5 Å². The number of amides is 2. The molecule has 4 rings (SSSR count). The lowest BCUT2D eigenvalue weighted by atomic mass is 10.1. The van der Waals surface area contributed by atoms with Gasteiger partial charge in [-0.15, -0.1) is 0 Å². The highest BCUT2D eigenvalue weighted by molar-refractivity contribution is 9.10. The average Bonchev–Trinajstić information content (AvgIpc) is 3.07. The summed E-state index contributed by atoms with van der Waals surface area (Å²) < 4.78 is 12.2. The van der Waals surface area contributed by atoms with Crippen LogP contribution in [-0.4, -0.2) is 18.9 Å². The first-order chi connectivity index (χ1) is 15.5. The topological polar surface area (TPSA) is 67.9 Å². The van der Waals surface area contributed by atoms with Crippen molar-refractivity contribution < 1.29 is 19.1 Å². The van der Waals surface area contributed by atoms with Crippen molar-refractivity contribution in [2.45, 2.75) is 6.61 Å². The maximum absolute atomic E-state index is 13.0. The van der Waals surface area contributed by atoms with E-state index in [0.29, 0.717) is 38.9 Å². The molecular formula is C24H18BrClN2O4. The molecular weight excluding hydrogens is 496 g/mol. The molecule has 0 radical (unpaired) electrons. The van der Waals surface area contributed by atoms with Gasteiger partial charge in [0.05, 0.1) is 12.8 Å². The number of hydrogen-bond donors (Lipinski definition) is 1. The zero-order valence-corrected chi connectivity index (χ0v) is 19.3. The summed E-state index contributed by atoms with van der Waals surface area (Å²) in [6.07, 6.45) is 1.50. The summed E-state index contributed by atoms with van der Waals surface area (Å²) in [4.78, 5) is 25.6. The average molecular weight is 514 g/mol. The Balaban J connectivity index is 1.70. The van der Waals surface area contributed by atoms with E-state index in [1.165, 1.54) is 18.2 Å². The standard InChI is InChI=1S/C24H18BrClN2O4/c1-31-21-12-17(25)10-16(22(21)32-14-15-6-3-2-4-7-15)11-20-23(29)27-28(24(20)30)19-9-5-8-18(26)13-19/h2-13H,14H2,1H3,(H,27,29)/b20-11-. The van der Waals surface area contributed by atoms with Gasteiger partial charge in [0.15, 0.2) is 11.5 Å². The number of carbonyl (C=O) groups is 2. The minimum atomic E-state index is -0.525. The Morgan fingerprint density at radius 1 is 1.06 bits per heavy atom. The summed E-state index contributed by atoms with van der Waals surface area (Å²) in [6.45, 7) is 0.295. The Morgan fingerprint density at radius 3 is 2.56 bits per heavy atom. The number of hydrogen-bond acceptors (Lipinski definition) is 4. The number of rotatable bonds is 6. The van der Waals surface area contributed by atoms with E-state index in [2.05, 4.69) is 21.4 Å². The molecule has 0 spiro atoms. The minimum Gasteiger partial charge on any atom is -0.493 e. The van der Waals surface area contributed by atoms with Gasteiger partial charge in [0.2, 0.25) is 0 Å². The van der Waals surface area contributed by atoms with Crippen LogP contribution in [0.1, 0.15) is 11.1 Å². The van der Waals surface area contributed by atoms with Crippen molar-refractivity contribution in [3.05, 3.63) is 92.9 Å². The molecule has 2 amide bonds. The van der Waals surface area contributed by atoms with E-state index in [-0.39, 0.29) is 5.57 Å². The van der Waals surface area contributed by atoms with Crippen LogP contribution in [0.3, 0.4) is 0 Å². The molecule has 1 aliphatic rings. The molecule has 1 saturated heterocycles. The monoisotopic (exact) mass is 512 g/mol. The number of halogens is 2. The van der Waals surface area contributed by atoms with E-state index in [4.69, 9.17) is 21.1 Å². The fourth-order valence-corrected chi connectivity index (χ4v) is 3.88. The first kappa shape index (κ1) is 21.9. The van der Waals surface area contributed by atoms with E-state index in [1.54, 1.807) is 36.4 Å². The number of nitrogens with zero attached hydrogens (tertiary/aromatic N) is 1. The number of benzene rings is 3. The Kier molecular flexibility index (Phi) is 6.48. The lowest BCUT2D eigenvalue weighted by Gasteiger charge is -2.15. The maximum atomic E-state index is 13.0. The molecule has 1 fully saturated rings. The van der Waals surface area contributed by atoms with Crippen molar-refractivity contribution >= 4 is 51.1 Å². The van der Waals surface area contributed by atoms with Crippen LogP contribution in [0, 0.1) is 0 Å². The Bertz CT molecular complexity index is 1210. The summed E-state index contributed by atoms with van der Waals surface area (Å²) in [6, 6.07) is 19.9. The zero-order valence-electron chi connectivity index (χ0n) is 17.0. The van der Waals surface area contributed by atoms with Crippen LogP contribution in [-0.2, 0) is 16.2 Å². The summed E-state index contributed by atoms with van der Waals surface area (Å²) >= 11 is 9.47. The highest BCUT2D eigenvalue weighted by Crippen LogP contribution is 2.37. The van der Waals surface area contributed by atoms with Gasteiger partial charge in [-0.25, -0.2) is 5.01 Å². The maximum Gasteiger partial charge on any atom is 0.282 e. The van der Waals surface area contributed by atoms with Crippen LogP contribution < -0.4 is 19.9 Å². The fourth-order valence-electron chi connectivity index (χ4n) is 3.24. The van der Waals surface area contributed by atoms with Crippen LogP contribution in [0.15, 0.2) is 76.8 Å². The van der Waals surface area contributed by atoms with Gasteiger partial charge in [-0.05, 0) is 42.0 Å². The predicted molar refractivity (Wildman–Crippen MR) is 127 cm³/mol. The number of hydrazine groups is 1. The van der Waals surface area contributed by atoms with Gasteiger partial charge < -0.3 is 9.47 Å². The summed E-state index contributed by atoms with van der Waals surface area (Å²) in [5.41, 5.74) is 4.50. The molecule has 3 aromatic carbocycles. The smallest absolute Gasteiger partial charge is 0.282 e. The molecule has 0 aromatic heterocycles. The van der Waals surface area contributed by atoms with Gasteiger partial charge in [-0.3, -0.25) is 15.0 Å². The van der Waals surface area contributed by atoms with Gasteiger partial charge in [0, 0.05) is 15.1 Å². The molecule has 1 heterocycles. The molecule has 0 atom stereocenters. The minimum absolute atomic E-state index is 0.0327. The third kappa shape index (κ3) is 4.64. The molecule has 8 heteroatoms. The van der Waals surface area contributed by atoms with E-state index in [0.717, 1.165) is 5.56 Å². The molecule has 3 aromatic rings. The summed E-state index contributed by atoms with van der Waals surface area (Å²) in [5, 5.41) is 1.62. The lowest BCUT2D eigenvalue weighted by molar-refractivity contribution is -0.117. The predicted octanol–water partition coefficient (Wildman–Crippen LogP) is 5.15. The van der Waals surface area contributed by atoms with Gasteiger partial charge in [0.25, 0.3) is 11.8 Å². The number of nitrogens with one attached hydrogen (secondary N) is 1. The van der Waals surface area contributed by atoms with E-state index in [9.17, 15) is 9.59 Å². The quantitative estimate of drug-likeness (QED) is 0.366. The Hall–Kier alpha value is -3.29. The third-order valence-electron chi connectivity index (χ3n) is 4.75. The number of carbonyl (C=O) groups excluding carboxylic acids is 2. The first-order valence-corrected chi connectivity index (χ1v) is 10.8. The molecule has 0 unspecified atom stereocenters. The van der Waals surface area contributed by atoms with Crippen LogP contribution in [0.25, 0.3) is 6.08 Å². The van der Waals surface area contributed by atoms with Gasteiger partial charge in [-0.2, -0.15) is 0 Å². The first-order valence-electron chi connectivity index (χ1n) is 9.63. The summed E-state index contributed by atoms with van der Waals surface area (Å²) in [5.74, 6) is -0.123. The second-order valence-corrected chi connectivity index (χ2v) is 8.27. The molecule has 1 N–H and O–H groups in total. The molecule has 1 aliphatic heterocycles. The molecule has 0 bridgehead atoms. The molecule has 6 nitrogen and oxygen atoms in total. The molecule has 0 saturated carbocycles. The second kappa shape index (κ2) is 9.46. The third-order valence-corrected chi connectivity index (χ3v) is 5.44. The largest absolute Gasteiger partial charge is 0.493 e. The number of methoxy groups -OCH3 is 1. The fraction of sp³-hybridized carbons (Fsp3) is 0.0833. The van der Waals surface area contributed by atoms with Crippen molar-refractivity contribution in [2.24, 2.45) is 0 Å². The van der Waals surface area contributed by atoms with Crippen molar-refractivity contribution in [2.75, 3.05) is 12.1 Å². The van der Waals surface area contributed by atoms with Crippen molar-refractivity contribution in [1.82, 2.24) is 5.43 Å². The van der Waals surface area contributed by atoms with E-state index < -0.39 is 11.8 Å². The summed E-state index contributed by atoms with van der Waals surface area (Å²) in [7, 11) is 1.53. The molecule has 32 heavy (non-hydrogen) atoms. The van der Waals surface area contributed by atoms with Crippen LogP contribution in [0.4, 0.5) is 5.69 Å². The zero-order chi connectivity index (χ0) is 22.7. The van der Waals surface area contributed by atoms with Crippen molar-refractivity contribution in [1.29, 1.82) is 0 Å². The van der Waals surface area contributed by atoms with E-state index >= 15 is 0 Å². The van der Waals surface area contributed by atoms with Crippen molar-refractivity contribution in [3.63, 3.8) is 0 Å². The van der Waals surface area contributed by atoms with Crippen LogP contribution in [0.5, 0.6) is 11.5 Å². The van der Waals surface area contributed by atoms with Gasteiger partial charge in [0.1, 0.15) is 12.2 Å². The van der Waals surface area contributed by atoms with E-state index in [1.807, 2.05) is 30.3 Å². The number of ether oxygens (including phenoxy) is 2. The second-order valence-electron chi connectivity index (χ2n) is 6.92. The van der Waals surface area contributed by atoms with Gasteiger partial charge in [-0.1, -0.05) is 63.9 Å². The van der Waals surface area contributed by atoms with Crippen LogP contribution >= 0.6 is 27.5 Å². The van der Waals surface area contributed by atoms with Gasteiger partial charge >= 0.3 is 0 Å². The van der Waals surface area contributed by atoms with Crippen LogP contribution in [0.2, 0.25) is 5.02 Å².